The summed E-state index contributed by atoms with van der Waals surface area (Å²) in [6, 6.07) is 11.8. The SMILES string of the molecule is CC(NC(=O)c1ccnn1CC1CCC1)c1ccccc1. The van der Waals surface area contributed by atoms with Gasteiger partial charge >= 0.3 is 0 Å². The molecule has 1 aromatic carbocycles. The van der Waals surface area contributed by atoms with Crippen molar-refractivity contribution in [3.05, 3.63) is 53.9 Å². The van der Waals surface area contributed by atoms with Gasteiger partial charge in [0.2, 0.25) is 0 Å². The van der Waals surface area contributed by atoms with E-state index in [0.29, 0.717) is 11.6 Å². The van der Waals surface area contributed by atoms with E-state index in [1.54, 1.807) is 12.3 Å². The number of carbonyl (C=O) groups excluding carboxylic acids is 1. The third-order valence-electron chi connectivity index (χ3n) is 4.25. The standard InChI is InChI=1S/C17H21N3O/c1-13(15-8-3-2-4-9-15)19-17(21)16-10-11-18-20(16)12-14-6-5-7-14/h2-4,8-11,13-14H,5-7,12H2,1H3,(H,19,21). The third kappa shape index (κ3) is 3.15. The first-order valence-corrected chi connectivity index (χ1v) is 7.61. The van der Waals surface area contributed by atoms with E-state index < -0.39 is 0 Å². The van der Waals surface area contributed by atoms with Crippen LogP contribution in [0.15, 0.2) is 42.6 Å². The summed E-state index contributed by atoms with van der Waals surface area (Å²) < 4.78 is 1.84. The number of benzene rings is 1. The Kier molecular flexibility index (Phi) is 4.04. The van der Waals surface area contributed by atoms with Crippen molar-refractivity contribution in [3.8, 4) is 0 Å². The van der Waals surface area contributed by atoms with E-state index in [1.165, 1.54) is 19.3 Å². The molecule has 0 bridgehead atoms. The van der Waals surface area contributed by atoms with Crippen molar-refractivity contribution in [2.75, 3.05) is 0 Å². The summed E-state index contributed by atoms with van der Waals surface area (Å²) in [7, 11) is 0. The fourth-order valence-electron chi connectivity index (χ4n) is 2.69. The Morgan fingerprint density at radius 2 is 2.10 bits per heavy atom. The highest BCUT2D eigenvalue weighted by molar-refractivity contribution is 5.92. The number of amides is 1. The average molecular weight is 283 g/mol. The molecule has 2 aromatic rings. The zero-order chi connectivity index (χ0) is 14.7. The second-order valence-electron chi connectivity index (χ2n) is 5.80. The monoisotopic (exact) mass is 283 g/mol. The minimum atomic E-state index is -0.0526. The number of rotatable bonds is 5. The highest BCUT2D eigenvalue weighted by Gasteiger charge is 2.21. The molecule has 0 aliphatic heterocycles. The van der Waals surface area contributed by atoms with Crippen LogP contribution < -0.4 is 5.32 Å². The normalized spacial score (nSPS) is 16.2. The van der Waals surface area contributed by atoms with Crippen LogP contribution in [0.4, 0.5) is 0 Å². The van der Waals surface area contributed by atoms with Crippen molar-refractivity contribution in [2.24, 2.45) is 5.92 Å². The van der Waals surface area contributed by atoms with Gasteiger partial charge in [-0.1, -0.05) is 36.8 Å². The quantitative estimate of drug-likeness (QED) is 0.916. The van der Waals surface area contributed by atoms with E-state index in [4.69, 9.17) is 0 Å². The van der Waals surface area contributed by atoms with Crippen LogP contribution in [0, 0.1) is 5.92 Å². The number of nitrogens with one attached hydrogen (secondary N) is 1. The second kappa shape index (κ2) is 6.12. The number of carbonyl (C=O) groups is 1. The van der Waals surface area contributed by atoms with Crippen molar-refractivity contribution in [3.63, 3.8) is 0 Å². The summed E-state index contributed by atoms with van der Waals surface area (Å²) in [6.45, 7) is 2.86. The predicted octanol–water partition coefficient (Wildman–Crippen LogP) is 3.17. The lowest BCUT2D eigenvalue weighted by molar-refractivity contribution is 0.0925. The molecule has 3 rings (SSSR count). The number of aromatic nitrogens is 2. The fourth-order valence-corrected chi connectivity index (χ4v) is 2.69. The van der Waals surface area contributed by atoms with Gasteiger partial charge in [-0.2, -0.15) is 5.10 Å². The molecule has 0 saturated heterocycles. The van der Waals surface area contributed by atoms with Gasteiger partial charge in [-0.25, -0.2) is 0 Å². The lowest BCUT2D eigenvalue weighted by Crippen LogP contribution is -2.30. The van der Waals surface area contributed by atoms with Crippen molar-refractivity contribution >= 4 is 5.91 Å². The number of hydrogen-bond donors (Lipinski definition) is 1. The average Bonchev–Trinajstić information content (AvgIpc) is 2.92. The van der Waals surface area contributed by atoms with Crippen LogP contribution in [0.3, 0.4) is 0 Å². The third-order valence-corrected chi connectivity index (χ3v) is 4.25. The Labute approximate surface area is 125 Å². The molecule has 1 N–H and O–H groups in total. The van der Waals surface area contributed by atoms with Crippen LogP contribution in [0.25, 0.3) is 0 Å². The number of nitrogens with zero attached hydrogens (tertiary/aromatic N) is 2. The molecule has 1 unspecified atom stereocenters. The lowest BCUT2D eigenvalue weighted by Gasteiger charge is -2.25. The molecule has 1 aliphatic carbocycles. The van der Waals surface area contributed by atoms with Crippen LogP contribution in [-0.2, 0) is 6.54 Å². The topological polar surface area (TPSA) is 46.9 Å². The van der Waals surface area contributed by atoms with E-state index in [-0.39, 0.29) is 11.9 Å². The molecule has 21 heavy (non-hydrogen) atoms. The zero-order valence-electron chi connectivity index (χ0n) is 12.3. The van der Waals surface area contributed by atoms with E-state index in [0.717, 1.165) is 12.1 Å². The molecule has 1 atom stereocenters. The molecule has 1 amide bonds. The molecular weight excluding hydrogens is 262 g/mol. The summed E-state index contributed by atoms with van der Waals surface area (Å²) in [4.78, 5) is 12.4. The highest BCUT2D eigenvalue weighted by Crippen LogP contribution is 2.28. The first kappa shape index (κ1) is 13.9. The first-order valence-electron chi connectivity index (χ1n) is 7.61. The zero-order valence-corrected chi connectivity index (χ0v) is 12.3. The lowest BCUT2D eigenvalue weighted by atomic mass is 9.85. The van der Waals surface area contributed by atoms with Crippen LogP contribution in [-0.4, -0.2) is 15.7 Å². The predicted molar refractivity (Wildman–Crippen MR) is 81.9 cm³/mol. The summed E-state index contributed by atoms with van der Waals surface area (Å²) in [5.74, 6) is 0.631. The molecule has 110 valence electrons. The molecular formula is C17H21N3O. The minimum Gasteiger partial charge on any atom is -0.344 e. The molecule has 0 spiro atoms. The van der Waals surface area contributed by atoms with Gasteiger partial charge in [-0.15, -0.1) is 0 Å². The van der Waals surface area contributed by atoms with Crippen LogP contribution in [0.2, 0.25) is 0 Å². The van der Waals surface area contributed by atoms with Gasteiger partial charge < -0.3 is 5.32 Å². The van der Waals surface area contributed by atoms with Crippen LogP contribution in [0.5, 0.6) is 0 Å². The Morgan fingerprint density at radius 3 is 2.76 bits per heavy atom. The van der Waals surface area contributed by atoms with E-state index in [1.807, 2.05) is 41.9 Å². The Balaban J connectivity index is 1.66. The van der Waals surface area contributed by atoms with Gasteiger partial charge in [0.15, 0.2) is 0 Å². The summed E-state index contributed by atoms with van der Waals surface area (Å²) in [6.07, 6.45) is 5.52. The fraction of sp³-hybridized carbons (Fsp3) is 0.412. The molecule has 1 aromatic heterocycles. The van der Waals surface area contributed by atoms with E-state index in [9.17, 15) is 4.79 Å². The van der Waals surface area contributed by atoms with Gasteiger partial charge in [-0.3, -0.25) is 9.48 Å². The van der Waals surface area contributed by atoms with Gasteiger partial charge in [0, 0.05) is 12.7 Å². The molecule has 1 heterocycles. The van der Waals surface area contributed by atoms with E-state index in [2.05, 4.69) is 10.4 Å². The first-order chi connectivity index (χ1) is 10.2. The Morgan fingerprint density at radius 1 is 1.33 bits per heavy atom. The molecule has 1 fully saturated rings. The van der Waals surface area contributed by atoms with Gasteiger partial charge in [0.25, 0.3) is 5.91 Å². The molecule has 0 radical (unpaired) electrons. The van der Waals surface area contributed by atoms with Crippen molar-refractivity contribution in [1.29, 1.82) is 0 Å². The second-order valence-corrected chi connectivity index (χ2v) is 5.80. The molecule has 1 aliphatic rings. The van der Waals surface area contributed by atoms with Crippen molar-refractivity contribution in [1.82, 2.24) is 15.1 Å². The summed E-state index contributed by atoms with van der Waals surface area (Å²) in [5.41, 5.74) is 1.76. The smallest absolute Gasteiger partial charge is 0.270 e. The van der Waals surface area contributed by atoms with Crippen LogP contribution >= 0.6 is 0 Å². The van der Waals surface area contributed by atoms with E-state index >= 15 is 0 Å². The number of hydrogen-bond acceptors (Lipinski definition) is 2. The maximum atomic E-state index is 12.4. The molecule has 4 nitrogen and oxygen atoms in total. The van der Waals surface area contributed by atoms with Crippen LogP contribution in [0.1, 0.15) is 48.3 Å². The highest BCUT2D eigenvalue weighted by atomic mass is 16.2. The summed E-state index contributed by atoms with van der Waals surface area (Å²) in [5, 5.41) is 7.34. The Hall–Kier alpha value is -2.10. The van der Waals surface area contributed by atoms with Gasteiger partial charge in [0.1, 0.15) is 5.69 Å². The molecule has 4 heteroatoms. The van der Waals surface area contributed by atoms with Gasteiger partial charge in [0.05, 0.1) is 6.04 Å². The maximum Gasteiger partial charge on any atom is 0.270 e. The van der Waals surface area contributed by atoms with Crippen molar-refractivity contribution in [2.45, 2.75) is 38.8 Å². The Bertz CT molecular complexity index is 602. The summed E-state index contributed by atoms with van der Waals surface area (Å²) >= 11 is 0. The maximum absolute atomic E-state index is 12.4. The van der Waals surface area contributed by atoms with Crippen molar-refractivity contribution < 1.29 is 4.79 Å². The minimum absolute atomic E-state index is 0.00856. The molecule has 1 saturated carbocycles. The largest absolute Gasteiger partial charge is 0.344 e. The van der Waals surface area contributed by atoms with Gasteiger partial charge in [-0.05, 0) is 37.3 Å².